The molecule has 0 radical (unpaired) electrons. The zero-order valence-corrected chi connectivity index (χ0v) is 13.0. The monoisotopic (exact) mass is 317 g/mol. The molecule has 2 rings (SSSR count). The summed E-state index contributed by atoms with van der Waals surface area (Å²) in [4.78, 5) is 19.5. The summed E-state index contributed by atoms with van der Waals surface area (Å²) in [6, 6.07) is 7.62. The van der Waals surface area contributed by atoms with Gasteiger partial charge in [-0.05, 0) is 24.6 Å². The second kappa shape index (κ2) is 7.83. The molecule has 23 heavy (non-hydrogen) atoms. The number of anilines is 3. The SMILES string of the molecule is CCOC(=O)Nc1cnc(NCc2ccc(OC)cc2)nc1N. The van der Waals surface area contributed by atoms with Gasteiger partial charge in [-0.25, -0.2) is 9.78 Å². The molecule has 0 bridgehead atoms. The molecule has 1 aromatic heterocycles. The van der Waals surface area contributed by atoms with E-state index >= 15 is 0 Å². The number of amides is 1. The van der Waals surface area contributed by atoms with E-state index in [1.165, 1.54) is 6.20 Å². The molecule has 0 fully saturated rings. The Bertz CT molecular complexity index is 661. The maximum atomic E-state index is 11.3. The third-order valence-electron chi connectivity index (χ3n) is 2.94. The third kappa shape index (κ3) is 4.73. The standard InChI is InChI=1S/C15H19N5O3/c1-3-23-15(21)19-12-9-18-14(20-13(12)16)17-8-10-4-6-11(22-2)7-5-10/h4-7,9H,3,8H2,1-2H3,(H,19,21)(H3,16,17,18,20). The number of carbonyl (C=O) groups excluding carboxylic acids is 1. The van der Waals surface area contributed by atoms with E-state index in [0.29, 0.717) is 18.2 Å². The fraction of sp³-hybridized carbons (Fsp3) is 0.267. The summed E-state index contributed by atoms with van der Waals surface area (Å²) >= 11 is 0. The van der Waals surface area contributed by atoms with Crippen LogP contribution in [0.3, 0.4) is 0 Å². The number of nitrogens with zero attached hydrogens (tertiary/aromatic N) is 2. The van der Waals surface area contributed by atoms with Crippen molar-refractivity contribution in [1.29, 1.82) is 0 Å². The molecule has 0 aliphatic heterocycles. The van der Waals surface area contributed by atoms with Crippen LogP contribution in [-0.2, 0) is 11.3 Å². The number of nitrogens with two attached hydrogens (primary N) is 1. The van der Waals surface area contributed by atoms with Crippen LogP contribution in [0.2, 0.25) is 0 Å². The summed E-state index contributed by atoms with van der Waals surface area (Å²) in [6.45, 7) is 2.52. The van der Waals surface area contributed by atoms with Crippen molar-refractivity contribution in [3.8, 4) is 5.75 Å². The van der Waals surface area contributed by atoms with Gasteiger partial charge in [0.15, 0.2) is 5.82 Å². The molecule has 0 unspecified atom stereocenters. The number of rotatable bonds is 6. The quantitative estimate of drug-likeness (QED) is 0.749. The van der Waals surface area contributed by atoms with Crippen molar-refractivity contribution in [1.82, 2.24) is 9.97 Å². The van der Waals surface area contributed by atoms with E-state index in [2.05, 4.69) is 20.6 Å². The van der Waals surface area contributed by atoms with Crippen molar-refractivity contribution < 1.29 is 14.3 Å². The first kappa shape index (κ1) is 16.3. The van der Waals surface area contributed by atoms with E-state index in [9.17, 15) is 4.79 Å². The molecule has 4 N–H and O–H groups in total. The number of nitrogens with one attached hydrogen (secondary N) is 2. The fourth-order valence-electron chi connectivity index (χ4n) is 1.78. The van der Waals surface area contributed by atoms with Crippen LogP contribution in [0.25, 0.3) is 0 Å². The van der Waals surface area contributed by atoms with Gasteiger partial charge in [0.2, 0.25) is 5.95 Å². The summed E-state index contributed by atoms with van der Waals surface area (Å²) in [6.07, 6.45) is 0.831. The highest BCUT2D eigenvalue weighted by molar-refractivity contribution is 5.87. The van der Waals surface area contributed by atoms with Gasteiger partial charge in [0.05, 0.1) is 19.9 Å². The van der Waals surface area contributed by atoms with Crippen LogP contribution >= 0.6 is 0 Å². The van der Waals surface area contributed by atoms with Crippen molar-refractivity contribution in [2.75, 3.05) is 30.1 Å². The van der Waals surface area contributed by atoms with Gasteiger partial charge in [-0.1, -0.05) is 12.1 Å². The zero-order valence-electron chi connectivity index (χ0n) is 13.0. The van der Waals surface area contributed by atoms with Crippen molar-refractivity contribution >= 4 is 23.5 Å². The Labute approximate surface area is 134 Å². The summed E-state index contributed by atoms with van der Waals surface area (Å²) in [7, 11) is 1.62. The number of methoxy groups -OCH3 is 1. The summed E-state index contributed by atoms with van der Waals surface area (Å²) < 4.78 is 9.87. The van der Waals surface area contributed by atoms with E-state index in [4.69, 9.17) is 15.2 Å². The Morgan fingerprint density at radius 2 is 2.04 bits per heavy atom. The Hall–Kier alpha value is -3.03. The van der Waals surface area contributed by atoms with E-state index in [0.717, 1.165) is 11.3 Å². The van der Waals surface area contributed by atoms with E-state index in [1.807, 2.05) is 24.3 Å². The Balaban J connectivity index is 1.95. The predicted molar refractivity (Wildman–Crippen MR) is 87.4 cm³/mol. The third-order valence-corrected chi connectivity index (χ3v) is 2.94. The molecule has 1 heterocycles. The minimum absolute atomic E-state index is 0.158. The first-order valence-corrected chi connectivity index (χ1v) is 7.05. The maximum absolute atomic E-state index is 11.3. The molecule has 0 aliphatic carbocycles. The molecule has 0 saturated carbocycles. The summed E-state index contributed by atoms with van der Waals surface area (Å²) in [5, 5.41) is 5.53. The first-order chi connectivity index (χ1) is 11.1. The highest BCUT2D eigenvalue weighted by atomic mass is 16.5. The number of aromatic nitrogens is 2. The predicted octanol–water partition coefficient (Wildman–Crippen LogP) is 2.25. The fourth-order valence-corrected chi connectivity index (χ4v) is 1.78. The van der Waals surface area contributed by atoms with Gasteiger partial charge >= 0.3 is 6.09 Å². The minimum atomic E-state index is -0.596. The lowest BCUT2D eigenvalue weighted by Gasteiger charge is -2.09. The normalized spacial score (nSPS) is 10.0. The highest BCUT2D eigenvalue weighted by Gasteiger charge is 2.08. The molecule has 8 nitrogen and oxygen atoms in total. The Kier molecular flexibility index (Phi) is 5.56. The topological polar surface area (TPSA) is 111 Å². The Morgan fingerprint density at radius 1 is 1.30 bits per heavy atom. The van der Waals surface area contributed by atoms with Gasteiger partial charge in [-0.15, -0.1) is 0 Å². The highest BCUT2D eigenvalue weighted by Crippen LogP contribution is 2.17. The molecule has 8 heteroatoms. The lowest BCUT2D eigenvalue weighted by molar-refractivity contribution is 0.168. The molecule has 0 spiro atoms. The van der Waals surface area contributed by atoms with Crippen LogP contribution in [-0.4, -0.2) is 29.8 Å². The van der Waals surface area contributed by atoms with Crippen LogP contribution in [0.4, 0.5) is 22.2 Å². The minimum Gasteiger partial charge on any atom is -0.497 e. The number of hydrogen-bond donors (Lipinski definition) is 3. The van der Waals surface area contributed by atoms with Crippen LogP contribution < -0.4 is 21.1 Å². The number of benzene rings is 1. The van der Waals surface area contributed by atoms with Crippen molar-refractivity contribution in [3.63, 3.8) is 0 Å². The van der Waals surface area contributed by atoms with Gasteiger partial charge in [-0.2, -0.15) is 4.98 Å². The zero-order chi connectivity index (χ0) is 16.7. The molecule has 0 saturated heterocycles. The molecular weight excluding hydrogens is 298 g/mol. The number of ether oxygens (including phenoxy) is 2. The molecule has 122 valence electrons. The van der Waals surface area contributed by atoms with Gasteiger partial charge < -0.3 is 20.5 Å². The average molecular weight is 317 g/mol. The molecule has 2 aromatic rings. The van der Waals surface area contributed by atoms with Gasteiger partial charge in [-0.3, -0.25) is 5.32 Å². The lowest BCUT2D eigenvalue weighted by Crippen LogP contribution is -2.16. The van der Waals surface area contributed by atoms with E-state index in [-0.39, 0.29) is 12.4 Å². The first-order valence-electron chi connectivity index (χ1n) is 7.05. The lowest BCUT2D eigenvalue weighted by atomic mass is 10.2. The average Bonchev–Trinajstić information content (AvgIpc) is 2.56. The van der Waals surface area contributed by atoms with Crippen LogP contribution in [0, 0.1) is 0 Å². The largest absolute Gasteiger partial charge is 0.497 e. The Morgan fingerprint density at radius 3 is 2.65 bits per heavy atom. The molecule has 1 amide bonds. The van der Waals surface area contributed by atoms with Gasteiger partial charge in [0.1, 0.15) is 11.4 Å². The number of nitrogen functional groups attached to an aromatic ring is 1. The van der Waals surface area contributed by atoms with Crippen LogP contribution in [0.1, 0.15) is 12.5 Å². The summed E-state index contributed by atoms with van der Waals surface area (Å²) in [5.41, 5.74) is 7.14. The number of hydrogen-bond acceptors (Lipinski definition) is 7. The molecule has 1 aromatic carbocycles. The van der Waals surface area contributed by atoms with Crippen molar-refractivity contribution in [3.05, 3.63) is 36.0 Å². The molecular formula is C15H19N5O3. The van der Waals surface area contributed by atoms with E-state index < -0.39 is 6.09 Å². The van der Waals surface area contributed by atoms with Crippen LogP contribution in [0.5, 0.6) is 5.75 Å². The molecule has 0 atom stereocenters. The van der Waals surface area contributed by atoms with Crippen LogP contribution in [0.15, 0.2) is 30.5 Å². The van der Waals surface area contributed by atoms with Gasteiger partial charge in [0.25, 0.3) is 0 Å². The molecule has 0 aliphatic rings. The van der Waals surface area contributed by atoms with Crippen molar-refractivity contribution in [2.24, 2.45) is 0 Å². The van der Waals surface area contributed by atoms with E-state index in [1.54, 1.807) is 14.0 Å². The van der Waals surface area contributed by atoms with Gasteiger partial charge in [0, 0.05) is 6.54 Å². The second-order valence-corrected chi connectivity index (χ2v) is 4.54. The summed E-state index contributed by atoms with van der Waals surface area (Å²) in [5.74, 6) is 1.32. The second-order valence-electron chi connectivity index (χ2n) is 4.54. The smallest absolute Gasteiger partial charge is 0.411 e. The number of carbonyl (C=O) groups is 1. The van der Waals surface area contributed by atoms with Crippen molar-refractivity contribution in [2.45, 2.75) is 13.5 Å². The maximum Gasteiger partial charge on any atom is 0.411 e.